The van der Waals surface area contributed by atoms with Crippen molar-refractivity contribution in [1.29, 1.82) is 0 Å². The van der Waals surface area contributed by atoms with Gasteiger partial charge in [0.1, 0.15) is 5.82 Å². The summed E-state index contributed by atoms with van der Waals surface area (Å²) in [5, 5.41) is 6.14. The van der Waals surface area contributed by atoms with Gasteiger partial charge in [0.2, 0.25) is 11.8 Å². The summed E-state index contributed by atoms with van der Waals surface area (Å²) in [7, 11) is 0. The molecule has 0 heterocycles. The summed E-state index contributed by atoms with van der Waals surface area (Å²) in [5.41, 5.74) is 1.16. The summed E-state index contributed by atoms with van der Waals surface area (Å²) in [5.74, 6) is -0.977. The van der Waals surface area contributed by atoms with Crippen molar-refractivity contribution >= 4 is 40.7 Å². The highest BCUT2D eigenvalue weighted by molar-refractivity contribution is 6.42. The maximum atomic E-state index is 14.8. The number of benzene rings is 2. The number of amides is 2. The Labute approximate surface area is 186 Å². The van der Waals surface area contributed by atoms with E-state index in [0.29, 0.717) is 11.3 Å². The van der Waals surface area contributed by atoms with Crippen LogP contribution in [0, 0.1) is 11.2 Å². The smallest absolute Gasteiger partial charge is 0.225 e. The third kappa shape index (κ3) is 4.96. The highest BCUT2D eigenvalue weighted by Crippen LogP contribution is 2.50. The fourth-order valence-electron chi connectivity index (χ4n) is 4.24. The first-order valence-corrected chi connectivity index (χ1v) is 10.7. The zero-order valence-electron chi connectivity index (χ0n) is 17.0. The van der Waals surface area contributed by atoms with Crippen LogP contribution in [0.25, 0.3) is 0 Å². The third-order valence-corrected chi connectivity index (χ3v) is 6.61. The molecule has 2 aromatic rings. The van der Waals surface area contributed by atoms with Gasteiger partial charge in [-0.1, -0.05) is 61.2 Å². The molecule has 4 nitrogen and oxygen atoms in total. The Kier molecular flexibility index (Phi) is 7.04. The van der Waals surface area contributed by atoms with Crippen LogP contribution in [0.1, 0.15) is 56.7 Å². The molecule has 1 aliphatic rings. The first-order valence-electron chi connectivity index (χ1n) is 9.99. The minimum Gasteiger partial charge on any atom is -0.348 e. The van der Waals surface area contributed by atoms with E-state index in [1.807, 2.05) is 6.92 Å². The standard InChI is InChI=1S/C23H25Cl2FN2O2/c1-14(29)27-18-8-4-3-7-15(18)13-19(30)28-22(23(2)11-5-6-12-23)20-17(26)10-9-16(24)21(20)25/h3-4,7-10,22H,5-6,11-13H2,1-2H3,(H,27,29)(H,28,30)/t22-/m1/s1. The first kappa shape index (κ1) is 22.6. The Morgan fingerprint density at radius 1 is 1.13 bits per heavy atom. The van der Waals surface area contributed by atoms with E-state index in [1.165, 1.54) is 19.1 Å². The van der Waals surface area contributed by atoms with Crippen molar-refractivity contribution in [2.75, 3.05) is 5.32 Å². The highest BCUT2D eigenvalue weighted by Gasteiger charge is 2.41. The monoisotopic (exact) mass is 450 g/mol. The van der Waals surface area contributed by atoms with Crippen LogP contribution in [-0.4, -0.2) is 11.8 Å². The maximum absolute atomic E-state index is 14.8. The number of nitrogens with one attached hydrogen (secondary N) is 2. The van der Waals surface area contributed by atoms with E-state index in [4.69, 9.17) is 23.2 Å². The van der Waals surface area contributed by atoms with Crippen LogP contribution in [0.4, 0.5) is 10.1 Å². The van der Waals surface area contributed by atoms with E-state index in [9.17, 15) is 14.0 Å². The summed E-state index contributed by atoms with van der Waals surface area (Å²) < 4.78 is 14.8. The molecule has 30 heavy (non-hydrogen) atoms. The van der Waals surface area contributed by atoms with Gasteiger partial charge >= 0.3 is 0 Å². The molecule has 7 heteroatoms. The highest BCUT2D eigenvalue weighted by atomic mass is 35.5. The summed E-state index contributed by atoms with van der Waals surface area (Å²) in [6.45, 7) is 3.46. The second-order valence-electron chi connectivity index (χ2n) is 8.13. The average Bonchev–Trinajstić information content (AvgIpc) is 3.13. The van der Waals surface area contributed by atoms with Gasteiger partial charge in [0, 0.05) is 18.2 Å². The predicted molar refractivity (Wildman–Crippen MR) is 118 cm³/mol. The van der Waals surface area contributed by atoms with Gasteiger partial charge < -0.3 is 10.6 Å². The lowest BCUT2D eigenvalue weighted by molar-refractivity contribution is -0.122. The number of para-hydroxylation sites is 1. The second kappa shape index (κ2) is 9.36. The molecule has 2 aromatic carbocycles. The fourth-order valence-corrected chi connectivity index (χ4v) is 4.67. The number of carbonyl (C=O) groups excluding carboxylic acids is 2. The van der Waals surface area contributed by atoms with Crippen molar-refractivity contribution in [1.82, 2.24) is 5.32 Å². The van der Waals surface area contributed by atoms with E-state index in [0.717, 1.165) is 25.7 Å². The van der Waals surface area contributed by atoms with Crippen molar-refractivity contribution in [2.24, 2.45) is 5.41 Å². The largest absolute Gasteiger partial charge is 0.348 e. The summed E-state index contributed by atoms with van der Waals surface area (Å²) in [4.78, 5) is 24.5. The van der Waals surface area contributed by atoms with Crippen LogP contribution in [0.5, 0.6) is 0 Å². The topological polar surface area (TPSA) is 58.2 Å². The van der Waals surface area contributed by atoms with Crippen LogP contribution in [-0.2, 0) is 16.0 Å². The summed E-state index contributed by atoms with van der Waals surface area (Å²) >= 11 is 12.6. The Hall–Kier alpha value is -2.11. The first-order chi connectivity index (χ1) is 14.2. The lowest BCUT2D eigenvalue weighted by Crippen LogP contribution is -2.39. The van der Waals surface area contributed by atoms with Gasteiger partial charge in [-0.2, -0.15) is 0 Å². The molecule has 1 aliphatic carbocycles. The molecule has 0 aromatic heterocycles. The number of carbonyl (C=O) groups is 2. The Bertz CT molecular complexity index is 958. The lowest BCUT2D eigenvalue weighted by atomic mass is 9.77. The quantitative estimate of drug-likeness (QED) is 0.524. The van der Waals surface area contributed by atoms with Crippen molar-refractivity contribution in [3.63, 3.8) is 0 Å². The second-order valence-corrected chi connectivity index (χ2v) is 8.92. The van der Waals surface area contributed by atoms with Gasteiger partial charge in [0.05, 0.1) is 22.5 Å². The molecule has 3 rings (SSSR count). The zero-order chi connectivity index (χ0) is 21.9. The molecule has 0 bridgehead atoms. The van der Waals surface area contributed by atoms with Gasteiger partial charge in [-0.25, -0.2) is 4.39 Å². The van der Waals surface area contributed by atoms with Gasteiger partial charge in [-0.05, 0) is 42.0 Å². The average molecular weight is 451 g/mol. The molecule has 1 fully saturated rings. The molecular formula is C23H25Cl2FN2O2. The normalized spacial score (nSPS) is 16.2. The molecule has 0 radical (unpaired) electrons. The van der Waals surface area contributed by atoms with E-state index >= 15 is 0 Å². The van der Waals surface area contributed by atoms with Crippen molar-refractivity contribution in [3.05, 3.63) is 63.4 Å². The molecule has 0 aliphatic heterocycles. The van der Waals surface area contributed by atoms with E-state index < -0.39 is 11.9 Å². The van der Waals surface area contributed by atoms with Crippen molar-refractivity contribution in [2.45, 2.75) is 52.0 Å². The Morgan fingerprint density at radius 3 is 2.47 bits per heavy atom. The van der Waals surface area contributed by atoms with Crippen LogP contribution < -0.4 is 10.6 Å². The molecule has 0 unspecified atom stereocenters. The number of halogens is 3. The molecule has 2 amide bonds. The third-order valence-electron chi connectivity index (χ3n) is 5.80. The van der Waals surface area contributed by atoms with Gasteiger partial charge in [0.15, 0.2) is 0 Å². The number of hydrogen-bond acceptors (Lipinski definition) is 2. The molecule has 2 N–H and O–H groups in total. The molecular weight excluding hydrogens is 426 g/mol. The SMILES string of the molecule is CC(=O)Nc1ccccc1CC(=O)N[C@H](c1c(F)ccc(Cl)c1Cl)C1(C)CCCC1. The van der Waals surface area contributed by atoms with Gasteiger partial charge in [-0.15, -0.1) is 0 Å². The Balaban J connectivity index is 1.91. The molecule has 160 valence electrons. The van der Waals surface area contributed by atoms with Crippen LogP contribution in [0.2, 0.25) is 10.0 Å². The molecule has 1 atom stereocenters. The van der Waals surface area contributed by atoms with Gasteiger partial charge in [0.25, 0.3) is 0 Å². The predicted octanol–water partition coefficient (Wildman–Crippen LogP) is 6.07. The molecule has 1 saturated carbocycles. The van der Waals surface area contributed by atoms with Crippen molar-refractivity contribution in [3.8, 4) is 0 Å². The molecule has 0 spiro atoms. The zero-order valence-corrected chi connectivity index (χ0v) is 18.5. The van der Waals surface area contributed by atoms with Crippen LogP contribution in [0.3, 0.4) is 0 Å². The Morgan fingerprint density at radius 2 is 1.80 bits per heavy atom. The van der Waals surface area contributed by atoms with Crippen molar-refractivity contribution < 1.29 is 14.0 Å². The number of anilines is 1. The summed E-state index contributed by atoms with van der Waals surface area (Å²) in [6, 6.07) is 9.21. The van der Waals surface area contributed by atoms with Gasteiger partial charge in [-0.3, -0.25) is 9.59 Å². The number of hydrogen-bond donors (Lipinski definition) is 2. The van der Waals surface area contributed by atoms with E-state index in [2.05, 4.69) is 10.6 Å². The number of rotatable bonds is 6. The maximum Gasteiger partial charge on any atom is 0.225 e. The minimum absolute atomic E-state index is 0.0445. The summed E-state index contributed by atoms with van der Waals surface area (Å²) in [6.07, 6.45) is 3.76. The van der Waals surface area contributed by atoms with E-state index in [-0.39, 0.29) is 39.3 Å². The minimum atomic E-state index is -0.605. The van der Waals surface area contributed by atoms with Crippen LogP contribution in [0.15, 0.2) is 36.4 Å². The van der Waals surface area contributed by atoms with E-state index in [1.54, 1.807) is 24.3 Å². The lowest BCUT2D eigenvalue weighted by Gasteiger charge is -2.36. The van der Waals surface area contributed by atoms with Crippen LogP contribution >= 0.6 is 23.2 Å². The fraction of sp³-hybridized carbons (Fsp3) is 0.391. The molecule has 0 saturated heterocycles.